The topological polar surface area (TPSA) is 26.3 Å². The molecule has 0 aromatic heterocycles. The van der Waals surface area contributed by atoms with E-state index in [0.717, 1.165) is 6.42 Å². The molecule has 0 saturated carbocycles. The molecule has 2 nitrogen and oxygen atoms in total. The second-order valence-electron chi connectivity index (χ2n) is 2.46. The Hall–Kier alpha value is -1.31. The van der Waals surface area contributed by atoms with E-state index in [1.54, 1.807) is 0 Å². The van der Waals surface area contributed by atoms with Crippen molar-refractivity contribution < 1.29 is 9.53 Å². The van der Waals surface area contributed by atoms with Crippen LogP contribution in [0.5, 0.6) is 0 Å². The molecular weight excluding hydrogens is 152 g/mol. The van der Waals surface area contributed by atoms with E-state index in [1.165, 1.54) is 5.56 Å². The quantitative estimate of drug-likeness (QED) is 0.633. The Morgan fingerprint density at radius 2 is 2.00 bits per heavy atom. The van der Waals surface area contributed by atoms with Gasteiger partial charge in [-0.2, -0.15) is 0 Å². The molecule has 1 aromatic rings. The van der Waals surface area contributed by atoms with Crippen LogP contribution in [0, 0.1) is 6.92 Å². The van der Waals surface area contributed by atoms with E-state index in [2.05, 4.69) is 6.92 Å². The van der Waals surface area contributed by atoms with Crippen molar-refractivity contribution >= 4 is 5.97 Å². The van der Waals surface area contributed by atoms with Gasteiger partial charge < -0.3 is 4.74 Å². The zero-order chi connectivity index (χ0) is 8.81. The minimum Gasteiger partial charge on any atom is -0.465 e. The van der Waals surface area contributed by atoms with Crippen LogP contribution in [0.25, 0.3) is 0 Å². The minimum absolute atomic E-state index is 0.409. The van der Waals surface area contributed by atoms with Gasteiger partial charge in [0, 0.05) is 6.42 Å². The highest BCUT2D eigenvalue weighted by Gasteiger charge is 1.93. The summed E-state index contributed by atoms with van der Waals surface area (Å²) in [5.74, 6) is -0.467. The van der Waals surface area contributed by atoms with Crippen molar-refractivity contribution in [2.45, 2.75) is 6.42 Å². The van der Waals surface area contributed by atoms with Crippen LogP contribution in [0.15, 0.2) is 30.3 Å². The molecule has 0 aliphatic rings. The molecule has 1 radical (unpaired) electrons. The summed E-state index contributed by atoms with van der Waals surface area (Å²) in [6.45, 7) is 3.52. The van der Waals surface area contributed by atoms with Crippen molar-refractivity contribution in [2.75, 3.05) is 6.61 Å². The van der Waals surface area contributed by atoms with E-state index < -0.39 is 5.97 Å². The van der Waals surface area contributed by atoms with Crippen molar-refractivity contribution in [2.24, 2.45) is 0 Å². The van der Waals surface area contributed by atoms with Gasteiger partial charge in [-0.15, -0.1) is 0 Å². The number of benzene rings is 1. The zero-order valence-corrected chi connectivity index (χ0v) is 6.82. The molecule has 63 valence electrons. The maximum atomic E-state index is 10.3. The first-order valence-corrected chi connectivity index (χ1v) is 3.81. The van der Waals surface area contributed by atoms with Crippen molar-refractivity contribution in [3.05, 3.63) is 42.8 Å². The second-order valence-corrected chi connectivity index (χ2v) is 2.46. The third-order valence-electron chi connectivity index (χ3n) is 1.50. The van der Waals surface area contributed by atoms with Crippen molar-refractivity contribution in [3.8, 4) is 0 Å². The monoisotopic (exact) mass is 163 g/mol. The van der Waals surface area contributed by atoms with Crippen LogP contribution >= 0.6 is 0 Å². The smallest absolute Gasteiger partial charge is 0.306 e. The molecule has 0 spiro atoms. The summed E-state index contributed by atoms with van der Waals surface area (Å²) in [6.07, 6.45) is 0.752. The average Bonchev–Trinajstić information content (AvgIpc) is 2.05. The third-order valence-corrected chi connectivity index (χ3v) is 1.50. The highest BCUT2D eigenvalue weighted by Crippen LogP contribution is 1.99. The van der Waals surface area contributed by atoms with E-state index in [4.69, 9.17) is 4.74 Å². The van der Waals surface area contributed by atoms with Crippen molar-refractivity contribution in [1.82, 2.24) is 0 Å². The van der Waals surface area contributed by atoms with E-state index in [0.29, 0.717) is 6.61 Å². The summed E-state index contributed by atoms with van der Waals surface area (Å²) >= 11 is 0. The summed E-state index contributed by atoms with van der Waals surface area (Å²) in [7, 11) is 0. The standard InChI is InChI=1S/C10H11O2/c1-9(11)12-8-7-10-5-3-2-4-6-10/h2-6H,1,7-8H2. The molecule has 0 aliphatic heterocycles. The van der Waals surface area contributed by atoms with Gasteiger partial charge in [-0.05, 0) is 5.56 Å². The van der Waals surface area contributed by atoms with Gasteiger partial charge in [0.1, 0.15) is 0 Å². The van der Waals surface area contributed by atoms with E-state index in [-0.39, 0.29) is 0 Å². The summed E-state index contributed by atoms with van der Waals surface area (Å²) in [6, 6.07) is 9.87. The minimum atomic E-state index is -0.467. The van der Waals surface area contributed by atoms with Crippen LogP contribution in [0.1, 0.15) is 5.56 Å². The lowest BCUT2D eigenvalue weighted by Crippen LogP contribution is -2.03. The highest BCUT2D eigenvalue weighted by molar-refractivity contribution is 5.73. The zero-order valence-electron chi connectivity index (χ0n) is 6.82. The van der Waals surface area contributed by atoms with E-state index >= 15 is 0 Å². The van der Waals surface area contributed by atoms with Crippen LogP contribution in [-0.4, -0.2) is 12.6 Å². The summed E-state index contributed by atoms with van der Waals surface area (Å²) in [4.78, 5) is 10.3. The molecule has 0 heterocycles. The normalized spacial score (nSPS) is 9.42. The number of carbonyl (C=O) groups excluding carboxylic acids is 1. The fourth-order valence-corrected chi connectivity index (χ4v) is 0.927. The number of esters is 1. The lowest BCUT2D eigenvalue weighted by molar-refractivity contribution is -0.137. The number of hydrogen-bond donors (Lipinski definition) is 0. The van der Waals surface area contributed by atoms with Crippen molar-refractivity contribution in [1.29, 1.82) is 0 Å². The van der Waals surface area contributed by atoms with Crippen molar-refractivity contribution in [3.63, 3.8) is 0 Å². The van der Waals surface area contributed by atoms with Gasteiger partial charge in [-0.3, -0.25) is 4.79 Å². The number of hydrogen-bond acceptors (Lipinski definition) is 2. The predicted octanol–water partition coefficient (Wildman–Crippen LogP) is 1.61. The van der Waals surface area contributed by atoms with Gasteiger partial charge in [0.25, 0.3) is 0 Å². The van der Waals surface area contributed by atoms with Crippen LogP contribution in [0.2, 0.25) is 0 Å². The first-order chi connectivity index (χ1) is 5.79. The Kier molecular flexibility index (Phi) is 3.33. The summed E-state index contributed by atoms with van der Waals surface area (Å²) in [5.41, 5.74) is 1.17. The molecule has 2 heteroatoms. The number of carbonyl (C=O) groups is 1. The number of rotatable bonds is 3. The van der Waals surface area contributed by atoms with Gasteiger partial charge in [0.2, 0.25) is 0 Å². The van der Waals surface area contributed by atoms with Crippen LogP contribution in [0.3, 0.4) is 0 Å². The van der Waals surface area contributed by atoms with Gasteiger partial charge in [-0.1, -0.05) is 30.3 Å². The molecular formula is C10H11O2. The maximum absolute atomic E-state index is 10.3. The van der Waals surface area contributed by atoms with Crippen LogP contribution in [0.4, 0.5) is 0 Å². The largest absolute Gasteiger partial charge is 0.465 e. The molecule has 0 unspecified atom stereocenters. The fraction of sp³-hybridized carbons (Fsp3) is 0.200. The molecule has 0 bridgehead atoms. The molecule has 0 atom stereocenters. The first kappa shape index (κ1) is 8.78. The number of ether oxygens (including phenoxy) is 1. The molecule has 0 saturated heterocycles. The van der Waals surface area contributed by atoms with Crippen LogP contribution in [-0.2, 0) is 16.0 Å². The molecule has 12 heavy (non-hydrogen) atoms. The molecule has 0 aliphatic carbocycles. The van der Waals surface area contributed by atoms with Gasteiger partial charge in [-0.25, -0.2) is 0 Å². The Bertz CT molecular complexity index is 241. The Balaban J connectivity index is 2.29. The second kappa shape index (κ2) is 4.54. The van der Waals surface area contributed by atoms with Crippen LogP contribution < -0.4 is 0 Å². The average molecular weight is 163 g/mol. The molecule has 1 aromatic carbocycles. The van der Waals surface area contributed by atoms with Gasteiger partial charge in [0.15, 0.2) is 0 Å². The molecule has 0 N–H and O–H groups in total. The van der Waals surface area contributed by atoms with Gasteiger partial charge in [0.05, 0.1) is 13.5 Å². The SMILES string of the molecule is [CH2]C(=O)OCCc1ccccc1. The summed E-state index contributed by atoms with van der Waals surface area (Å²) in [5, 5.41) is 0. The molecule has 0 amide bonds. The lowest BCUT2D eigenvalue weighted by Gasteiger charge is -2.00. The lowest BCUT2D eigenvalue weighted by atomic mass is 10.2. The van der Waals surface area contributed by atoms with E-state index in [1.807, 2.05) is 30.3 Å². The highest BCUT2D eigenvalue weighted by atomic mass is 16.5. The molecule has 0 fully saturated rings. The predicted molar refractivity (Wildman–Crippen MR) is 46.5 cm³/mol. The molecule has 1 rings (SSSR count). The van der Waals surface area contributed by atoms with Gasteiger partial charge >= 0.3 is 5.97 Å². The Morgan fingerprint density at radius 3 is 2.58 bits per heavy atom. The first-order valence-electron chi connectivity index (χ1n) is 3.81. The maximum Gasteiger partial charge on any atom is 0.306 e. The third kappa shape index (κ3) is 3.19. The fourth-order valence-electron chi connectivity index (χ4n) is 0.927. The summed E-state index contributed by atoms with van der Waals surface area (Å²) < 4.78 is 4.70. The Labute approximate surface area is 72.2 Å². The Morgan fingerprint density at radius 1 is 1.33 bits per heavy atom. The van der Waals surface area contributed by atoms with E-state index in [9.17, 15) is 4.79 Å².